The van der Waals surface area contributed by atoms with Gasteiger partial charge in [0.05, 0.1) is 5.60 Å². The minimum Gasteiger partial charge on any atom is -0.364 e. The van der Waals surface area contributed by atoms with Gasteiger partial charge < -0.3 is 15.8 Å². The molecular formula is C13H26N2O2. The largest absolute Gasteiger partial charge is 0.364 e. The minimum atomic E-state index is -0.236. The molecule has 1 saturated carbocycles. The van der Waals surface area contributed by atoms with Gasteiger partial charge in [0.1, 0.15) is 6.61 Å². The highest BCUT2D eigenvalue weighted by Crippen LogP contribution is 2.30. The lowest BCUT2D eigenvalue weighted by Gasteiger charge is -2.35. The normalized spacial score (nSPS) is 18.9. The number of hydrogen-bond acceptors (Lipinski definition) is 3. The number of carbonyl (C=O) groups is 1. The highest BCUT2D eigenvalue weighted by molar-refractivity contribution is 5.77. The Labute approximate surface area is 104 Å². The first-order chi connectivity index (χ1) is 8.22. The Balaban J connectivity index is 2.24. The lowest BCUT2D eigenvalue weighted by molar-refractivity contribution is -0.135. The van der Waals surface area contributed by atoms with Crippen LogP contribution in [0.3, 0.4) is 0 Å². The van der Waals surface area contributed by atoms with Gasteiger partial charge in [-0.25, -0.2) is 0 Å². The molecule has 0 heterocycles. The molecule has 0 aliphatic heterocycles. The van der Waals surface area contributed by atoms with Crippen molar-refractivity contribution in [2.45, 2.75) is 57.5 Å². The SMILES string of the molecule is CCCCNC(=O)COC1(CN)CCCCC1. The Bertz CT molecular complexity index is 225. The van der Waals surface area contributed by atoms with Crippen LogP contribution in [0.5, 0.6) is 0 Å². The van der Waals surface area contributed by atoms with Gasteiger partial charge in [-0.2, -0.15) is 0 Å². The molecule has 1 aliphatic rings. The Morgan fingerprint density at radius 3 is 2.65 bits per heavy atom. The molecule has 0 aromatic heterocycles. The van der Waals surface area contributed by atoms with Gasteiger partial charge in [0, 0.05) is 13.1 Å². The highest BCUT2D eigenvalue weighted by Gasteiger charge is 2.31. The monoisotopic (exact) mass is 242 g/mol. The Hall–Kier alpha value is -0.610. The topological polar surface area (TPSA) is 64.3 Å². The molecule has 17 heavy (non-hydrogen) atoms. The second-order valence-electron chi connectivity index (χ2n) is 4.94. The van der Waals surface area contributed by atoms with E-state index >= 15 is 0 Å². The molecule has 4 heteroatoms. The van der Waals surface area contributed by atoms with Crippen molar-refractivity contribution in [2.24, 2.45) is 5.73 Å². The number of carbonyl (C=O) groups excluding carboxylic acids is 1. The molecule has 3 N–H and O–H groups in total. The van der Waals surface area contributed by atoms with Gasteiger partial charge in [-0.3, -0.25) is 4.79 Å². The van der Waals surface area contributed by atoms with Crippen LogP contribution in [0, 0.1) is 0 Å². The standard InChI is InChI=1S/C13H26N2O2/c1-2-3-9-15-12(16)10-17-13(11-14)7-5-4-6-8-13/h2-11,14H2,1H3,(H,15,16). The zero-order valence-corrected chi connectivity index (χ0v) is 11.0. The molecule has 4 nitrogen and oxygen atoms in total. The molecule has 0 atom stereocenters. The van der Waals surface area contributed by atoms with Crippen molar-refractivity contribution in [3.63, 3.8) is 0 Å². The summed E-state index contributed by atoms with van der Waals surface area (Å²) in [5, 5.41) is 2.86. The summed E-state index contributed by atoms with van der Waals surface area (Å²) in [6, 6.07) is 0. The molecule has 1 rings (SSSR count). The van der Waals surface area contributed by atoms with Crippen molar-refractivity contribution in [1.29, 1.82) is 0 Å². The number of amides is 1. The summed E-state index contributed by atoms with van der Waals surface area (Å²) >= 11 is 0. The van der Waals surface area contributed by atoms with Crippen molar-refractivity contribution < 1.29 is 9.53 Å². The molecule has 0 radical (unpaired) electrons. The quantitative estimate of drug-likeness (QED) is 0.666. The third-order valence-electron chi connectivity index (χ3n) is 3.50. The fraction of sp³-hybridized carbons (Fsp3) is 0.923. The number of rotatable bonds is 7. The fourth-order valence-corrected chi connectivity index (χ4v) is 2.28. The maximum Gasteiger partial charge on any atom is 0.246 e. The average molecular weight is 242 g/mol. The molecule has 1 aliphatic carbocycles. The van der Waals surface area contributed by atoms with Crippen LogP contribution in [0.4, 0.5) is 0 Å². The summed E-state index contributed by atoms with van der Waals surface area (Å²) in [5.74, 6) is -0.0168. The molecule has 1 fully saturated rings. The maximum atomic E-state index is 11.5. The van der Waals surface area contributed by atoms with E-state index in [9.17, 15) is 4.79 Å². The molecule has 0 aromatic rings. The number of ether oxygens (including phenoxy) is 1. The summed E-state index contributed by atoms with van der Waals surface area (Å²) in [7, 11) is 0. The number of unbranched alkanes of at least 4 members (excludes halogenated alkanes) is 1. The number of nitrogens with two attached hydrogens (primary N) is 1. The second-order valence-corrected chi connectivity index (χ2v) is 4.94. The van der Waals surface area contributed by atoms with Crippen molar-refractivity contribution in [2.75, 3.05) is 19.7 Å². The first-order valence-corrected chi connectivity index (χ1v) is 6.83. The number of hydrogen-bond donors (Lipinski definition) is 2. The summed E-state index contributed by atoms with van der Waals surface area (Å²) < 4.78 is 5.78. The molecule has 100 valence electrons. The smallest absolute Gasteiger partial charge is 0.246 e. The van der Waals surface area contributed by atoms with E-state index in [-0.39, 0.29) is 18.1 Å². The van der Waals surface area contributed by atoms with Crippen LogP contribution >= 0.6 is 0 Å². The predicted molar refractivity (Wildman–Crippen MR) is 68.7 cm³/mol. The van der Waals surface area contributed by atoms with E-state index < -0.39 is 0 Å². The first kappa shape index (κ1) is 14.5. The molecule has 0 bridgehead atoms. The van der Waals surface area contributed by atoms with Crippen LogP contribution in [0.1, 0.15) is 51.9 Å². The Morgan fingerprint density at radius 2 is 2.06 bits per heavy atom. The van der Waals surface area contributed by atoms with Crippen molar-refractivity contribution in [3.05, 3.63) is 0 Å². The molecule has 0 aromatic carbocycles. The van der Waals surface area contributed by atoms with Crippen LogP contribution in [0.15, 0.2) is 0 Å². The minimum absolute atomic E-state index is 0.0168. The summed E-state index contributed by atoms with van der Waals surface area (Å²) in [4.78, 5) is 11.5. The Morgan fingerprint density at radius 1 is 1.35 bits per heavy atom. The highest BCUT2D eigenvalue weighted by atomic mass is 16.5. The predicted octanol–water partition coefficient (Wildman–Crippen LogP) is 1.58. The molecule has 0 unspecified atom stereocenters. The third kappa shape index (κ3) is 5.04. The van der Waals surface area contributed by atoms with Crippen molar-refractivity contribution >= 4 is 5.91 Å². The van der Waals surface area contributed by atoms with Gasteiger partial charge in [0.25, 0.3) is 0 Å². The van der Waals surface area contributed by atoms with E-state index in [1.165, 1.54) is 6.42 Å². The van der Waals surface area contributed by atoms with Gasteiger partial charge in [-0.1, -0.05) is 32.6 Å². The van der Waals surface area contributed by atoms with Crippen LogP contribution in [-0.2, 0) is 9.53 Å². The van der Waals surface area contributed by atoms with Crippen molar-refractivity contribution in [3.8, 4) is 0 Å². The van der Waals surface area contributed by atoms with E-state index in [1.807, 2.05) is 0 Å². The van der Waals surface area contributed by atoms with Gasteiger partial charge in [-0.05, 0) is 19.3 Å². The lowest BCUT2D eigenvalue weighted by atomic mass is 9.85. The van der Waals surface area contributed by atoms with E-state index in [2.05, 4.69) is 12.2 Å². The van der Waals surface area contributed by atoms with Gasteiger partial charge in [0.15, 0.2) is 0 Å². The number of nitrogens with one attached hydrogen (secondary N) is 1. The first-order valence-electron chi connectivity index (χ1n) is 6.83. The van der Waals surface area contributed by atoms with E-state index in [0.717, 1.165) is 45.1 Å². The van der Waals surface area contributed by atoms with Crippen molar-refractivity contribution in [1.82, 2.24) is 5.32 Å². The van der Waals surface area contributed by atoms with E-state index in [1.54, 1.807) is 0 Å². The Kier molecular flexibility index (Phi) is 6.52. The van der Waals surface area contributed by atoms with Crippen LogP contribution in [-0.4, -0.2) is 31.2 Å². The van der Waals surface area contributed by atoms with Gasteiger partial charge in [-0.15, -0.1) is 0 Å². The lowest BCUT2D eigenvalue weighted by Crippen LogP contribution is -2.45. The molecule has 0 spiro atoms. The van der Waals surface area contributed by atoms with Gasteiger partial charge >= 0.3 is 0 Å². The zero-order chi connectivity index (χ0) is 12.6. The molecule has 1 amide bonds. The molecule has 0 saturated heterocycles. The summed E-state index contributed by atoms with van der Waals surface area (Å²) in [6.07, 6.45) is 7.68. The molecular weight excluding hydrogens is 216 g/mol. The van der Waals surface area contributed by atoms with Gasteiger partial charge in [0.2, 0.25) is 5.91 Å². The summed E-state index contributed by atoms with van der Waals surface area (Å²) in [6.45, 7) is 3.53. The van der Waals surface area contributed by atoms with E-state index in [0.29, 0.717) is 6.54 Å². The third-order valence-corrected chi connectivity index (χ3v) is 3.50. The van der Waals surface area contributed by atoms with Crippen LogP contribution in [0.25, 0.3) is 0 Å². The van der Waals surface area contributed by atoms with Crippen LogP contribution in [0.2, 0.25) is 0 Å². The zero-order valence-electron chi connectivity index (χ0n) is 11.0. The average Bonchev–Trinajstić information content (AvgIpc) is 2.38. The fourth-order valence-electron chi connectivity index (χ4n) is 2.28. The second kappa shape index (κ2) is 7.67. The maximum absolute atomic E-state index is 11.5. The summed E-state index contributed by atoms with van der Waals surface area (Å²) in [5.41, 5.74) is 5.55. The van der Waals surface area contributed by atoms with E-state index in [4.69, 9.17) is 10.5 Å². The van der Waals surface area contributed by atoms with Crippen LogP contribution < -0.4 is 11.1 Å².